The molecule has 1 N–H and O–H groups in total. The maximum atomic E-state index is 12.2. The van der Waals surface area contributed by atoms with Crippen molar-refractivity contribution < 1.29 is 9.90 Å². The van der Waals surface area contributed by atoms with E-state index in [1.54, 1.807) is 11.8 Å². The van der Waals surface area contributed by atoms with Gasteiger partial charge in [-0.15, -0.1) is 11.8 Å². The van der Waals surface area contributed by atoms with E-state index >= 15 is 0 Å². The van der Waals surface area contributed by atoms with Crippen molar-refractivity contribution in [2.24, 2.45) is 5.41 Å². The number of piperidine rings is 2. The average molecular weight is 363 g/mol. The first-order valence-corrected chi connectivity index (χ1v) is 10.6. The van der Waals surface area contributed by atoms with Gasteiger partial charge in [-0.1, -0.05) is 12.1 Å². The van der Waals surface area contributed by atoms with Crippen molar-refractivity contribution in [3.05, 3.63) is 29.8 Å². The van der Waals surface area contributed by atoms with E-state index in [0.717, 1.165) is 32.6 Å². The van der Waals surface area contributed by atoms with Crippen molar-refractivity contribution in [2.45, 2.75) is 43.5 Å². The first-order chi connectivity index (χ1) is 12.1. The number of nitrogens with zero attached hydrogens (tertiary/aromatic N) is 2. The number of hydrogen-bond acceptors (Lipinski definition) is 4. The van der Waals surface area contributed by atoms with Gasteiger partial charge < -0.3 is 10.0 Å². The third-order valence-corrected chi connectivity index (χ3v) is 6.38. The second-order valence-corrected chi connectivity index (χ2v) is 8.43. The molecule has 1 amide bonds. The number of aliphatic hydroxyl groups is 1. The average Bonchev–Trinajstić information content (AvgIpc) is 2.64. The van der Waals surface area contributed by atoms with Crippen LogP contribution in [0.2, 0.25) is 0 Å². The third kappa shape index (κ3) is 4.78. The molecule has 0 unspecified atom stereocenters. The highest BCUT2D eigenvalue weighted by Crippen LogP contribution is 2.39. The van der Waals surface area contributed by atoms with Crippen molar-refractivity contribution in [1.29, 1.82) is 0 Å². The minimum atomic E-state index is 0.162. The summed E-state index contributed by atoms with van der Waals surface area (Å²) in [5.74, 6) is 0.267. The van der Waals surface area contributed by atoms with E-state index in [0.29, 0.717) is 19.4 Å². The predicted molar refractivity (Wildman–Crippen MR) is 103 cm³/mol. The Hall–Kier alpha value is -1.04. The zero-order valence-corrected chi connectivity index (χ0v) is 16.1. The highest BCUT2D eigenvalue weighted by molar-refractivity contribution is 7.98. The number of carbonyl (C=O) groups excluding carboxylic acids is 1. The summed E-state index contributed by atoms with van der Waals surface area (Å²) in [6, 6.07) is 8.89. The van der Waals surface area contributed by atoms with Crippen molar-refractivity contribution in [3.63, 3.8) is 0 Å². The Labute approximate surface area is 155 Å². The molecule has 25 heavy (non-hydrogen) atoms. The van der Waals surface area contributed by atoms with E-state index in [9.17, 15) is 4.79 Å². The maximum Gasteiger partial charge on any atom is 0.222 e. The Balaban J connectivity index is 1.62. The van der Waals surface area contributed by atoms with Crippen LogP contribution in [0, 0.1) is 5.41 Å². The number of hydrogen-bond donors (Lipinski definition) is 1. The van der Waals surface area contributed by atoms with Gasteiger partial charge >= 0.3 is 0 Å². The zero-order valence-electron chi connectivity index (χ0n) is 15.2. The summed E-state index contributed by atoms with van der Waals surface area (Å²) in [7, 11) is 0. The Kier molecular flexibility index (Phi) is 6.42. The fourth-order valence-corrected chi connectivity index (χ4v) is 4.74. The quantitative estimate of drug-likeness (QED) is 0.790. The Morgan fingerprint density at radius 1 is 1.20 bits per heavy atom. The molecule has 138 valence electrons. The summed E-state index contributed by atoms with van der Waals surface area (Å²) in [6.07, 6.45) is 6.91. The molecule has 1 aromatic carbocycles. The number of carbonyl (C=O) groups is 1. The molecular weight excluding hydrogens is 332 g/mol. The highest BCUT2D eigenvalue weighted by Gasteiger charge is 2.41. The van der Waals surface area contributed by atoms with E-state index in [4.69, 9.17) is 5.11 Å². The van der Waals surface area contributed by atoms with Gasteiger partial charge in [0.2, 0.25) is 5.91 Å². The molecule has 1 atom stereocenters. The van der Waals surface area contributed by atoms with Crippen LogP contribution >= 0.6 is 11.8 Å². The summed E-state index contributed by atoms with van der Waals surface area (Å²) in [5, 5.41) is 9.08. The molecule has 2 saturated heterocycles. The Bertz CT molecular complexity index is 578. The number of aliphatic hydroxyl groups excluding tert-OH is 1. The lowest BCUT2D eigenvalue weighted by Gasteiger charge is -2.48. The van der Waals surface area contributed by atoms with E-state index in [-0.39, 0.29) is 17.9 Å². The molecular formula is C20H30N2O2S. The van der Waals surface area contributed by atoms with Gasteiger partial charge in [-0.3, -0.25) is 9.69 Å². The Morgan fingerprint density at radius 3 is 2.72 bits per heavy atom. The van der Waals surface area contributed by atoms with Crippen LogP contribution in [0.15, 0.2) is 29.2 Å². The molecule has 3 rings (SSSR count). The van der Waals surface area contributed by atoms with Crippen LogP contribution in [0.3, 0.4) is 0 Å². The molecule has 0 radical (unpaired) electrons. The summed E-state index contributed by atoms with van der Waals surface area (Å²) < 4.78 is 0. The Morgan fingerprint density at radius 2 is 2.00 bits per heavy atom. The van der Waals surface area contributed by atoms with Gasteiger partial charge in [-0.05, 0) is 56.2 Å². The lowest BCUT2D eigenvalue weighted by atomic mass is 9.73. The first kappa shape index (κ1) is 18.7. The van der Waals surface area contributed by atoms with E-state index < -0.39 is 0 Å². The largest absolute Gasteiger partial charge is 0.396 e. The SMILES string of the molecule is CSc1ccc(CN2CCC[C@]3(CCC(=O)N(CCCO)C3)C2)cc1. The molecule has 4 nitrogen and oxygen atoms in total. The monoisotopic (exact) mass is 362 g/mol. The highest BCUT2D eigenvalue weighted by atomic mass is 32.2. The molecule has 5 heteroatoms. The van der Waals surface area contributed by atoms with Gasteiger partial charge in [-0.25, -0.2) is 0 Å². The number of benzene rings is 1. The smallest absolute Gasteiger partial charge is 0.222 e. The molecule has 1 spiro atoms. The third-order valence-electron chi connectivity index (χ3n) is 5.64. The molecule has 0 aliphatic carbocycles. The first-order valence-electron chi connectivity index (χ1n) is 9.38. The zero-order chi connectivity index (χ0) is 17.7. The van der Waals surface area contributed by atoms with Crippen molar-refractivity contribution >= 4 is 17.7 Å². The molecule has 2 fully saturated rings. The normalized spacial score (nSPS) is 24.9. The van der Waals surface area contributed by atoms with Crippen LogP contribution in [0.5, 0.6) is 0 Å². The molecule has 1 aromatic rings. The summed E-state index contributed by atoms with van der Waals surface area (Å²) in [4.78, 5) is 18.1. The standard InChI is InChI=1S/C20H30N2O2S/c1-25-18-6-4-17(5-7-18)14-21-11-2-9-20(15-21)10-8-19(24)22(16-20)12-3-13-23/h4-7,23H,2-3,8-16H2,1H3/t20-/m0/s1. The number of amides is 1. The van der Waals surface area contributed by atoms with Gasteiger partial charge in [-0.2, -0.15) is 0 Å². The van der Waals surface area contributed by atoms with Crippen LogP contribution in [-0.2, 0) is 11.3 Å². The second-order valence-electron chi connectivity index (χ2n) is 7.55. The lowest BCUT2D eigenvalue weighted by molar-refractivity contribution is -0.139. The number of likely N-dealkylation sites (tertiary alicyclic amines) is 2. The second kappa shape index (κ2) is 8.56. The van der Waals surface area contributed by atoms with Gasteiger partial charge in [0, 0.05) is 49.5 Å². The van der Waals surface area contributed by atoms with Crippen molar-refractivity contribution in [2.75, 3.05) is 39.0 Å². The minimum Gasteiger partial charge on any atom is -0.396 e. The van der Waals surface area contributed by atoms with E-state index in [1.165, 1.54) is 23.3 Å². The van der Waals surface area contributed by atoms with Gasteiger partial charge in [0.1, 0.15) is 0 Å². The van der Waals surface area contributed by atoms with Crippen LogP contribution in [0.4, 0.5) is 0 Å². The molecule has 2 heterocycles. The molecule has 0 bridgehead atoms. The van der Waals surface area contributed by atoms with Crippen LogP contribution in [0.1, 0.15) is 37.7 Å². The number of rotatable bonds is 6. The summed E-state index contributed by atoms with van der Waals surface area (Å²) >= 11 is 1.78. The number of thioether (sulfide) groups is 1. The van der Waals surface area contributed by atoms with Gasteiger partial charge in [0.25, 0.3) is 0 Å². The van der Waals surface area contributed by atoms with E-state index in [2.05, 4.69) is 35.4 Å². The fourth-order valence-electron chi connectivity index (χ4n) is 4.33. The topological polar surface area (TPSA) is 43.8 Å². The molecule has 2 aliphatic rings. The molecule has 0 aromatic heterocycles. The fraction of sp³-hybridized carbons (Fsp3) is 0.650. The van der Waals surface area contributed by atoms with Gasteiger partial charge in [0.15, 0.2) is 0 Å². The van der Waals surface area contributed by atoms with Crippen LogP contribution in [-0.4, -0.2) is 59.9 Å². The summed E-state index contributed by atoms with van der Waals surface area (Å²) in [5.41, 5.74) is 1.62. The molecule has 0 saturated carbocycles. The van der Waals surface area contributed by atoms with Crippen molar-refractivity contribution in [3.8, 4) is 0 Å². The lowest BCUT2D eigenvalue weighted by Crippen LogP contribution is -2.54. The summed E-state index contributed by atoms with van der Waals surface area (Å²) in [6.45, 7) is 4.97. The van der Waals surface area contributed by atoms with Crippen LogP contribution in [0.25, 0.3) is 0 Å². The predicted octanol–water partition coefficient (Wildman–Crippen LogP) is 3.00. The van der Waals surface area contributed by atoms with Crippen molar-refractivity contribution in [1.82, 2.24) is 9.80 Å². The molecule has 2 aliphatic heterocycles. The van der Waals surface area contributed by atoms with Gasteiger partial charge in [0.05, 0.1) is 0 Å². The van der Waals surface area contributed by atoms with E-state index in [1.807, 2.05) is 4.90 Å². The van der Waals surface area contributed by atoms with Crippen LogP contribution < -0.4 is 0 Å². The maximum absolute atomic E-state index is 12.2. The minimum absolute atomic E-state index is 0.162.